The number of aryl methyl sites for hydroxylation is 1. The van der Waals surface area contributed by atoms with E-state index in [0.29, 0.717) is 5.56 Å². The number of nitrogens with zero attached hydrogens (tertiary/aromatic N) is 5. The number of aromatic nitrogens is 5. The fraction of sp³-hybridized carbons (Fsp3) is 0.0377. The summed E-state index contributed by atoms with van der Waals surface area (Å²) in [7, 11) is -5.06. The van der Waals surface area contributed by atoms with Crippen molar-refractivity contribution in [3.63, 3.8) is 0 Å². The molecular formula is C53H39N5Si. The predicted octanol–water partition coefficient (Wildman–Crippen LogP) is 9.73. The maximum absolute atomic E-state index is 10.6. The van der Waals surface area contributed by atoms with Gasteiger partial charge in [-0.2, -0.15) is 15.0 Å². The van der Waals surface area contributed by atoms with Crippen LogP contribution in [0.5, 0.6) is 0 Å². The number of rotatable bonds is 7. The van der Waals surface area contributed by atoms with Gasteiger partial charge in [0, 0.05) is 31.2 Å². The Morgan fingerprint density at radius 3 is 1.51 bits per heavy atom. The van der Waals surface area contributed by atoms with E-state index < -0.39 is 243 Å². The number of para-hydroxylation sites is 4. The van der Waals surface area contributed by atoms with Crippen LogP contribution in [0.4, 0.5) is 0 Å². The predicted molar refractivity (Wildman–Crippen MR) is 247 cm³/mol. The topological polar surface area (TPSA) is 48.5 Å². The zero-order chi connectivity index (χ0) is 62.9. The minimum absolute atomic E-state index is 0.154. The van der Waals surface area contributed by atoms with Gasteiger partial charge in [0.15, 0.2) is 13.9 Å². The molecular weight excluding hydrogens is 735 g/mol. The van der Waals surface area contributed by atoms with E-state index in [0.717, 1.165) is 9.13 Å². The number of hydrogen-bond donors (Lipinski definition) is 0. The van der Waals surface area contributed by atoms with E-state index in [2.05, 4.69) is 4.98 Å². The van der Waals surface area contributed by atoms with Crippen molar-refractivity contribution in [1.29, 1.82) is 0 Å². The van der Waals surface area contributed by atoms with E-state index in [1.807, 2.05) is 0 Å². The Bertz CT molecular complexity index is 4530. The van der Waals surface area contributed by atoms with Crippen molar-refractivity contribution in [3.05, 3.63) is 211 Å². The van der Waals surface area contributed by atoms with Gasteiger partial charge in [0.05, 0.1) is 55.0 Å². The molecule has 59 heavy (non-hydrogen) atoms. The highest BCUT2D eigenvalue weighted by molar-refractivity contribution is 7.20. The minimum atomic E-state index is -5.06. The Morgan fingerprint density at radius 1 is 0.475 bits per heavy atom. The van der Waals surface area contributed by atoms with Crippen molar-refractivity contribution < 1.29 is 37.0 Å². The lowest BCUT2D eigenvalue weighted by atomic mass is 10.2. The normalized spacial score (nSPS) is 19.4. The van der Waals surface area contributed by atoms with Gasteiger partial charge >= 0.3 is 0 Å². The Kier molecular flexibility index (Phi) is 3.96. The van der Waals surface area contributed by atoms with Crippen LogP contribution in [0.3, 0.4) is 0 Å². The van der Waals surface area contributed by atoms with Crippen LogP contribution in [0.2, 0.25) is 0 Å². The van der Waals surface area contributed by atoms with Gasteiger partial charge in [-0.25, -0.2) is 0 Å². The van der Waals surface area contributed by atoms with Gasteiger partial charge in [0.1, 0.15) is 0 Å². The maximum Gasteiger partial charge on any atom is 0.240 e. The third-order valence-corrected chi connectivity index (χ3v) is 14.6. The van der Waals surface area contributed by atoms with Crippen LogP contribution in [-0.4, -0.2) is 32.2 Å². The van der Waals surface area contributed by atoms with Crippen LogP contribution in [0.15, 0.2) is 200 Å². The second kappa shape index (κ2) is 13.9. The molecule has 5 nitrogen and oxygen atoms in total. The van der Waals surface area contributed by atoms with Crippen LogP contribution < -0.4 is 20.7 Å². The number of hydrogen-bond acceptors (Lipinski definition) is 3. The van der Waals surface area contributed by atoms with Crippen molar-refractivity contribution in [2.75, 3.05) is 0 Å². The molecule has 1 unspecified atom stereocenters. The van der Waals surface area contributed by atoms with Gasteiger partial charge in [-0.3, -0.25) is 9.13 Å². The molecule has 0 spiro atoms. The third kappa shape index (κ3) is 5.48. The average molecular weight is 801 g/mol. The van der Waals surface area contributed by atoms with Gasteiger partial charge in [-0.1, -0.05) is 187 Å². The fourth-order valence-electron chi connectivity index (χ4n) is 7.57. The maximum atomic E-state index is 10.6. The van der Waals surface area contributed by atoms with Crippen LogP contribution in [-0.2, 0) is 0 Å². The molecule has 0 bridgehead atoms. The van der Waals surface area contributed by atoms with E-state index in [1.165, 1.54) is 12.1 Å². The Labute approximate surface area is 381 Å². The van der Waals surface area contributed by atoms with E-state index >= 15 is 0 Å². The molecule has 0 aliphatic rings. The standard InChI is InChI=1S/C53H39N5Si/c1-36-31-33-40(34-32-36)59(39-19-4-3-5-20-39,50-30-15-6-17-37(50)2)41-21-16-18-38(35-41)51-54-52(57-46-26-11-7-22-42(46)43-23-8-12-27-47(43)57)56-53(55-51)58-48-28-13-9-24-44(48)45-25-10-14-29-49(45)58/h3-35H,1-2H3/i1D3,7D,8D,9D,10D,11D,12D,13D,14D,16D,18D,21D,22D,23D,24D,25D,26D,27D,28D,29D,31D,32D,33D,34D,35D. The van der Waals surface area contributed by atoms with Crippen molar-refractivity contribution in [2.45, 2.75) is 13.8 Å². The first-order chi connectivity index (χ1) is 40.3. The number of benzene rings is 8. The molecule has 280 valence electrons. The van der Waals surface area contributed by atoms with Crippen molar-refractivity contribution in [3.8, 4) is 23.3 Å². The molecule has 0 saturated carbocycles. The van der Waals surface area contributed by atoms with Gasteiger partial charge < -0.3 is 0 Å². The van der Waals surface area contributed by atoms with Gasteiger partial charge in [0.2, 0.25) is 11.9 Å². The molecule has 11 aromatic rings. The van der Waals surface area contributed by atoms with Crippen LogP contribution in [0, 0.1) is 13.8 Å². The molecule has 3 aromatic heterocycles. The second-order valence-electron chi connectivity index (χ2n) is 13.3. The largest absolute Gasteiger partial charge is 0.278 e. The van der Waals surface area contributed by atoms with E-state index in [-0.39, 0.29) is 10.4 Å². The molecule has 0 fully saturated rings. The average Bonchev–Trinajstić information content (AvgIpc) is 1.14. The SMILES string of the molecule is [2H]c1c([2H])c(-c2nc(-n3c4c([2H])c([2H])c([2H])c([2H])c4c4c([2H])c([2H])c([2H])c([2H])c43)nc(-n3c4c([2H])c([2H])c([2H])c([2H])c4c4c([2H])c([2H])c([2H])c([2H])c43)n2)c([2H])c([Si](c2ccccc2)(c2ccccc2C)c2c([2H])c([2H])c(C([2H])([2H])[2H])c([2H])c2[2H])c1[2H]. The van der Waals surface area contributed by atoms with E-state index in [9.17, 15) is 16.4 Å². The number of fused-ring (bicyclic) bond motifs is 6. The zero-order valence-corrected chi connectivity index (χ0v) is 31.4. The highest BCUT2D eigenvalue weighted by Gasteiger charge is 2.42. The lowest BCUT2D eigenvalue weighted by Gasteiger charge is -2.35. The molecule has 0 aliphatic carbocycles. The zero-order valence-electron chi connectivity index (χ0n) is 57.4. The van der Waals surface area contributed by atoms with E-state index in [1.54, 1.807) is 49.4 Å². The molecule has 3 heterocycles. The van der Waals surface area contributed by atoms with Crippen molar-refractivity contribution in [1.82, 2.24) is 24.1 Å². The lowest BCUT2D eigenvalue weighted by molar-refractivity contribution is 0.893. The van der Waals surface area contributed by atoms with Crippen LogP contribution in [0.25, 0.3) is 66.9 Å². The molecule has 11 rings (SSSR count). The smallest absolute Gasteiger partial charge is 0.240 e. The highest BCUT2D eigenvalue weighted by atomic mass is 28.3. The summed E-state index contributed by atoms with van der Waals surface area (Å²) in [5.41, 5.74) is -3.73. The van der Waals surface area contributed by atoms with Crippen LogP contribution >= 0.6 is 0 Å². The summed E-state index contributed by atoms with van der Waals surface area (Å²) in [6.07, 6.45) is 0. The lowest BCUT2D eigenvalue weighted by Crippen LogP contribution is -2.75. The van der Waals surface area contributed by atoms with Crippen molar-refractivity contribution in [2.24, 2.45) is 0 Å². The highest BCUT2D eigenvalue weighted by Crippen LogP contribution is 2.34. The molecule has 0 amide bonds. The summed E-state index contributed by atoms with van der Waals surface area (Å²) in [4.78, 5) is 14.1. The fourth-order valence-corrected chi connectivity index (χ4v) is 12.0. The summed E-state index contributed by atoms with van der Waals surface area (Å²) in [5, 5.41) is -2.60. The van der Waals surface area contributed by atoms with Gasteiger partial charge in [-0.05, 0) is 58.7 Å². The Balaban J connectivity index is 1.43. The molecule has 0 N–H and O–H groups in total. The molecule has 0 aliphatic heterocycles. The second-order valence-corrected chi connectivity index (χ2v) is 16.9. The molecule has 0 radical (unpaired) electrons. The summed E-state index contributed by atoms with van der Waals surface area (Å²) in [6.45, 7) is -1.59. The van der Waals surface area contributed by atoms with Gasteiger partial charge in [-0.15, -0.1) is 0 Å². The molecule has 6 heteroatoms. The Hall–Kier alpha value is -7.41. The summed E-state index contributed by atoms with van der Waals surface area (Å²) >= 11 is 0. The van der Waals surface area contributed by atoms with Crippen LogP contribution in [0.1, 0.15) is 48.1 Å². The van der Waals surface area contributed by atoms with E-state index in [4.69, 9.17) is 30.5 Å². The summed E-state index contributed by atoms with van der Waals surface area (Å²) < 4.78 is 248. The minimum Gasteiger partial charge on any atom is -0.278 e. The first-order valence-electron chi connectivity index (χ1n) is 31.4. The quantitative estimate of drug-likeness (QED) is 0.119. The molecule has 8 aromatic carbocycles. The monoisotopic (exact) mass is 800 g/mol. The first-order valence-corrected chi connectivity index (χ1v) is 19.9. The Morgan fingerprint density at radius 2 is 0.983 bits per heavy atom. The molecule has 1 atom stereocenters. The third-order valence-electron chi connectivity index (χ3n) is 10.1. The summed E-state index contributed by atoms with van der Waals surface area (Å²) in [5.74, 6) is -2.67. The van der Waals surface area contributed by atoms with Crippen molar-refractivity contribution >= 4 is 72.4 Å². The first kappa shape index (κ1) is 16.8. The van der Waals surface area contributed by atoms with Gasteiger partial charge in [0.25, 0.3) is 0 Å². The summed E-state index contributed by atoms with van der Waals surface area (Å²) in [6, 6.07) is -6.93. The molecule has 0 saturated heterocycles.